The van der Waals surface area contributed by atoms with E-state index in [-0.39, 0.29) is 29.3 Å². The largest absolute Gasteiger partial charge is 0.460 e. The highest BCUT2D eigenvalue weighted by atomic mass is 16.6. The molecule has 7 nitrogen and oxygen atoms in total. The number of ether oxygens (including phenoxy) is 2. The zero-order valence-electron chi connectivity index (χ0n) is 21.9. The number of hydrogen-bond donors (Lipinski definition) is 1. The maximum absolute atomic E-state index is 13.2. The van der Waals surface area contributed by atoms with E-state index in [1.54, 1.807) is 11.8 Å². The Bertz CT molecular complexity index is 853. The smallest absolute Gasteiger partial charge is 0.409 e. The van der Waals surface area contributed by atoms with Crippen LogP contribution >= 0.6 is 0 Å². The van der Waals surface area contributed by atoms with E-state index in [2.05, 4.69) is 26.1 Å². The molecule has 1 aromatic rings. The van der Waals surface area contributed by atoms with Gasteiger partial charge in [-0.2, -0.15) is 0 Å². The molecule has 1 heterocycles. The molecule has 1 fully saturated rings. The molecule has 0 saturated carbocycles. The summed E-state index contributed by atoms with van der Waals surface area (Å²) in [5.41, 5.74) is 1.15. The maximum Gasteiger partial charge on any atom is 0.409 e. The third kappa shape index (κ3) is 9.35. The molecule has 0 spiro atoms. The van der Waals surface area contributed by atoms with Gasteiger partial charge in [0.25, 0.3) is 0 Å². The molecule has 0 aliphatic carbocycles. The zero-order chi connectivity index (χ0) is 25.5. The Hall–Kier alpha value is -2.57. The number of anilines is 1. The molecule has 190 valence electrons. The predicted molar refractivity (Wildman–Crippen MR) is 134 cm³/mol. The van der Waals surface area contributed by atoms with Gasteiger partial charge < -0.3 is 19.7 Å². The lowest BCUT2D eigenvalue weighted by Crippen LogP contribution is -2.36. The summed E-state index contributed by atoms with van der Waals surface area (Å²) >= 11 is 0. The number of esters is 1. The van der Waals surface area contributed by atoms with Gasteiger partial charge in [0.2, 0.25) is 5.91 Å². The minimum atomic E-state index is -0.601. The normalized spacial score (nSPS) is 17.3. The van der Waals surface area contributed by atoms with Gasteiger partial charge in [-0.15, -0.1) is 0 Å². The number of rotatable bonds is 8. The molecule has 1 saturated heterocycles. The number of hydrogen-bond acceptors (Lipinski definition) is 5. The topological polar surface area (TPSA) is 84.9 Å². The highest BCUT2D eigenvalue weighted by Gasteiger charge is 2.38. The van der Waals surface area contributed by atoms with Gasteiger partial charge in [0, 0.05) is 25.2 Å². The second-order valence-corrected chi connectivity index (χ2v) is 11.4. The van der Waals surface area contributed by atoms with Gasteiger partial charge in [-0.3, -0.25) is 9.59 Å². The van der Waals surface area contributed by atoms with Crippen LogP contribution in [-0.2, 0) is 25.5 Å². The Balaban J connectivity index is 2.11. The molecular weight excluding hydrogens is 432 g/mol. The monoisotopic (exact) mass is 474 g/mol. The van der Waals surface area contributed by atoms with Crippen molar-refractivity contribution >= 4 is 23.7 Å². The first kappa shape index (κ1) is 27.7. The second kappa shape index (κ2) is 11.7. The van der Waals surface area contributed by atoms with Crippen molar-refractivity contribution in [3.05, 3.63) is 29.8 Å². The molecule has 2 rings (SSSR count). The van der Waals surface area contributed by atoms with Gasteiger partial charge in [0.05, 0.1) is 12.5 Å². The molecule has 0 radical (unpaired) electrons. The Kier molecular flexibility index (Phi) is 9.54. The van der Waals surface area contributed by atoms with E-state index >= 15 is 0 Å². The van der Waals surface area contributed by atoms with Crippen LogP contribution in [0.3, 0.4) is 0 Å². The summed E-state index contributed by atoms with van der Waals surface area (Å²) in [4.78, 5) is 39.3. The van der Waals surface area contributed by atoms with Crippen molar-refractivity contribution in [3.63, 3.8) is 0 Å². The average Bonchev–Trinajstić information content (AvgIpc) is 3.20. The van der Waals surface area contributed by atoms with Crippen molar-refractivity contribution in [2.45, 2.75) is 79.8 Å². The number of nitrogens with one attached hydrogen (secondary N) is 1. The summed E-state index contributed by atoms with van der Waals surface area (Å²) < 4.78 is 11.2. The fraction of sp³-hybridized carbons (Fsp3) is 0.667. The van der Waals surface area contributed by atoms with Crippen LogP contribution in [0.4, 0.5) is 10.5 Å². The number of amides is 2. The van der Waals surface area contributed by atoms with Crippen LogP contribution in [0.1, 0.15) is 73.3 Å². The van der Waals surface area contributed by atoms with Gasteiger partial charge in [-0.05, 0) is 69.1 Å². The molecule has 0 aromatic heterocycles. The van der Waals surface area contributed by atoms with Gasteiger partial charge in [0.1, 0.15) is 5.60 Å². The van der Waals surface area contributed by atoms with E-state index in [0.717, 1.165) is 12.0 Å². The quantitative estimate of drug-likeness (QED) is 0.508. The van der Waals surface area contributed by atoms with Crippen LogP contribution < -0.4 is 5.32 Å². The van der Waals surface area contributed by atoms with E-state index in [1.807, 2.05) is 45.0 Å². The first-order valence-electron chi connectivity index (χ1n) is 12.3. The van der Waals surface area contributed by atoms with E-state index in [9.17, 15) is 14.4 Å². The summed E-state index contributed by atoms with van der Waals surface area (Å²) in [7, 11) is 0. The van der Waals surface area contributed by atoms with Crippen molar-refractivity contribution in [2.75, 3.05) is 25.0 Å². The molecule has 7 heteroatoms. The maximum atomic E-state index is 13.2. The van der Waals surface area contributed by atoms with Crippen molar-refractivity contribution < 1.29 is 23.9 Å². The Morgan fingerprint density at radius 3 is 2.47 bits per heavy atom. The number of carbonyl (C=O) groups excluding carboxylic acids is 3. The lowest BCUT2D eigenvalue weighted by molar-refractivity contribution is -0.161. The average molecular weight is 475 g/mol. The van der Waals surface area contributed by atoms with Gasteiger partial charge in [-0.25, -0.2) is 4.79 Å². The third-order valence-electron chi connectivity index (χ3n) is 5.83. The summed E-state index contributed by atoms with van der Waals surface area (Å²) in [6.07, 6.45) is 2.06. The van der Waals surface area contributed by atoms with E-state index in [0.29, 0.717) is 44.6 Å². The van der Waals surface area contributed by atoms with Crippen molar-refractivity contribution in [2.24, 2.45) is 17.3 Å². The zero-order valence-corrected chi connectivity index (χ0v) is 21.9. The molecule has 34 heavy (non-hydrogen) atoms. The Labute approximate surface area is 204 Å². The molecule has 0 unspecified atom stereocenters. The molecule has 0 bridgehead atoms. The van der Waals surface area contributed by atoms with Gasteiger partial charge in [0.15, 0.2) is 0 Å². The number of nitrogens with zero attached hydrogens (tertiary/aromatic N) is 1. The van der Waals surface area contributed by atoms with E-state index in [1.165, 1.54) is 0 Å². The lowest BCUT2D eigenvalue weighted by Gasteiger charge is -2.27. The fourth-order valence-corrected chi connectivity index (χ4v) is 3.92. The second-order valence-electron chi connectivity index (χ2n) is 11.4. The third-order valence-corrected chi connectivity index (χ3v) is 5.83. The molecule has 1 N–H and O–H groups in total. The van der Waals surface area contributed by atoms with Crippen LogP contribution in [0.15, 0.2) is 24.3 Å². The lowest BCUT2D eigenvalue weighted by atomic mass is 9.86. The van der Waals surface area contributed by atoms with Crippen molar-refractivity contribution in [1.82, 2.24) is 4.90 Å². The summed E-state index contributed by atoms with van der Waals surface area (Å²) in [6.45, 7) is 15.1. The van der Waals surface area contributed by atoms with Crippen LogP contribution in [0.25, 0.3) is 0 Å². The van der Waals surface area contributed by atoms with Crippen LogP contribution in [-0.4, -0.2) is 48.2 Å². The molecule has 1 aliphatic heterocycles. The minimum Gasteiger partial charge on any atom is -0.460 e. The number of likely N-dealkylation sites (tertiary alicyclic amines) is 1. The molecule has 1 aromatic carbocycles. The summed E-state index contributed by atoms with van der Waals surface area (Å²) in [6, 6.07) is 7.57. The van der Waals surface area contributed by atoms with Gasteiger partial charge >= 0.3 is 12.1 Å². The fourth-order valence-electron chi connectivity index (χ4n) is 3.92. The Morgan fingerprint density at radius 1 is 1.15 bits per heavy atom. The molecule has 1 aliphatic rings. The molecule has 2 atom stereocenters. The van der Waals surface area contributed by atoms with Gasteiger partial charge in [-0.1, -0.05) is 39.8 Å². The highest BCUT2D eigenvalue weighted by molar-refractivity contribution is 5.90. The minimum absolute atomic E-state index is 0.0288. The summed E-state index contributed by atoms with van der Waals surface area (Å²) in [5.74, 6) is -0.747. The molecule has 2 amide bonds. The van der Waals surface area contributed by atoms with Crippen molar-refractivity contribution in [3.8, 4) is 0 Å². The van der Waals surface area contributed by atoms with Crippen LogP contribution in [0, 0.1) is 17.3 Å². The Morgan fingerprint density at radius 2 is 1.85 bits per heavy atom. The SMILES string of the molecule is CCC(=O)Nc1cccc(C[C@H](C(=O)OC(C)(C)C)[C@H]2CCN(C(=O)OCCC(C)(C)C)C2)c1. The predicted octanol–water partition coefficient (Wildman–Crippen LogP) is 5.43. The highest BCUT2D eigenvalue weighted by Crippen LogP contribution is 2.31. The number of benzene rings is 1. The number of carbonyl (C=O) groups is 3. The van der Waals surface area contributed by atoms with Crippen LogP contribution in [0.2, 0.25) is 0 Å². The van der Waals surface area contributed by atoms with Crippen molar-refractivity contribution in [1.29, 1.82) is 0 Å². The summed E-state index contributed by atoms with van der Waals surface area (Å²) in [5, 5.41) is 2.87. The molecular formula is C27H42N2O5. The van der Waals surface area contributed by atoms with E-state index < -0.39 is 11.5 Å². The standard InChI is InChI=1S/C27H42N2O5/c1-8-23(30)28-21-11-9-10-19(16-21)17-22(24(31)34-27(5,6)7)20-12-14-29(18-20)25(32)33-15-13-26(2,3)4/h9-11,16,20,22H,8,12-15,17-18H2,1-7H3,(H,28,30)/t20-,22-/m0/s1. The first-order valence-corrected chi connectivity index (χ1v) is 12.3. The van der Waals surface area contributed by atoms with E-state index in [4.69, 9.17) is 9.47 Å². The van der Waals surface area contributed by atoms with Crippen LogP contribution in [0.5, 0.6) is 0 Å². The first-order chi connectivity index (χ1) is 15.8.